The number of hydrogen-bond acceptors (Lipinski definition) is 5. The maximum atomic E-state index is 11.0. The van der Waals surface area contributed by atoms with Gasteiger partial charge in [0.25, 0.3) is 5.56 Å². The smallest absolute Gasteiger partial charge is 0.339 e. The van der Waals surface area contributed by atoms with E-state index in [-0.39, 0.29) is 5.82 Å². The zero-order chi connectivity index (χ0) is 9.30. The van der Waals surface area contributed by atoms with Crippen LogP contribution in [0.15, 0.2) is 14.8 Å². The molecule has 0 spiro atoms. The maximum absolute atomic E-state index is 11.0. The SMILES string of the molecule is Nc1[nH]c(=O)n(I)c(=O)c1N=O. The van der Waals surface area contributed by atoms with Crippen molar-refractivity contribution < 1.29 is 0 Å². The van der Waals surface area contributed by atoms with E-state index in [2.05, 4.69) is 10.2 Å². The highest BCUT2D eigenvalue weighted by Gasteiger charge is 2.09. The summed E-state index contributed by atoms with van der Waals surface area (Å²) < 4.78 is 0.685. The lowest BCUT2D eigenvalue weighted by molar-refractivity contribution is 1.02. The Labute approximate surface area is 79.1 Å². The van der Waals surface area contributed by atoms with Gasteiger partial charge in [-0.3, -0.25) is 9.78 Å². The minimum atomic E-state index is -0.813. The van der Waals surface area contributed by atoms with Gasteiger partial charge in [0.15, 0.2) is 0 Å². The molecule has 0 atom stereocenters. The summed E-state index contributed by atoms with van der Waals surface area (Å²) in [5.74, 6) is -0.312. The first-order chi connectivity index (χ1) is 5.57. The Morgan fingerprint density at radius 1 is 1.50 bits per heavy atom. The number of nitrogens with two attached hydrogens (primary N) is 1. The number of nitroso groups, excluding NO2 is 1. The summed E-state index contributed by atoms with van der Waals surface area (Å²) in [4.78, 5) is 33.9. The molecule has 0 radical (unpaired) electrons. The standard InChI is InChI=1S/C4H3IN4O3/c5-9-3(10)1(8-12)2(6)7-4(9)11/h6H2,(H,7,11). The summed E-state index contributed by atoms with van der Waals surface area (Å²) in [6, 6.07) is 0. The summed E-state index contributed by atoms with van der Waals surface area (Å²) in [6.45, 7) is 0. The molecule has 1 rings (SSSR count). The third kappa shape index (κ3) is 1.24. The second-order valence-corrected chi connectivity index (χ2v) is 2.83. The van der Waals surface area contributed by atoms with Gasteiger partial charge in [-0.05, 0) is 5.18 Å². The molecule has 0 fully saturated rings. The molecule has 0 aliphatic rings. The van der Waals surface area contributed by atoms with Crippen molar-refractivity contribution in [2.75, 3.05) is 5.73 Å². The number of aromatic nitrogens is 2. The lowest BCUT2D eigenvalue weighted by atomic mass is 10.5. The van der Waals surface area contributed by atoms with Crippen molar-refractivity contribution in [3.05, 3.63) is 25.7 Å². The first-order valence-electron chi connectivity index (χ1n) is 2.72. The molecule has 0 saturated heterocycles. The molecule has 0 aromatic carbocycles. The molecule has 1 heterocycles. The van der Waals surface area contributed by atoms with Gasteiger partial charge in [0.05, 0.1) is 22.9 Å². The molecule has 7 nitrogen and oxygen atoms in total. The molecule has 3 N–H and O–H groups in total. The van der Waals surface area contributed by atoms with E-state index in [9.17, 15) is 14.5 Å². The largest absolute Gasteiger partial charge is 0.383 e. The van der Waals surface area contributed by atoms with Crippen molar-refractivity contribution in [2.45, 2.75) is 0 Å². The van der Waals surface area contributed by atoms with Crippen molar-refractivity contribution in [1.29, 1.82) is 0 Å². The van der Waals surface area contributed by atoms with Gasteiger partial charge in [-0.15, -0.1) is 4.91 Å². The first kappa shape index (κ1) is 8.90. The van der Waals surface area contributed by atoms with Crippen molar-refractivity contribution >= 4 is 34.4 Å². The van der Waals surface area contributed by atoms with Gasteiger partial charge >= 0.3 is 5.69 Å². The van der Waals surface area contributed by atoms with Crippen LogP contribution < -0.4 is 17.0 Å². The van der Waals surface area contributed by atoms with Gasteiger partial charge in [0.1, 0.15) is 5.82 Å². The number of nitrogens with zero attached hydrogens (tertiary/aromatic N) is 2. The van der Waals surface area contributed by atoms with Crippen molar-refractivity contribution in [1.82, 2.24) is 7.76 Å². The van der Waals surface area contributed by atoms with E-state index < -0.39 is 16.9 Å². The lowest BCUT2D eigenvalue weighted by Gasteiger charge is -1.96. The van der Waals surface area contributed by atoms with E-state index in [1.165, 1.54) is 22.9 Å². The van der Waals surface area contributed by atoms with E-state index in [4.69, 9.17) is 5.73 Å². The van der Waals surface area contributed by atoms with Crippen LogP contribution in [-0.2, 0) is 0 Å². The van der Waals surface area contributed by atoms with Crippen molar-refractivity contribution in [2.24, 2.45) is 5.18 Å². The Morgan fingerprint density at radius 2 is 2.08 bits per heavy atom. The second kappa shape index (κ2) is 3.05. The summed E-state index contributed by atoms with van der Waals surface area (Å²) in [7, 11) is 0. The number of rotatable bonds is 1. The van der Waals surface area contributed by atoms with Gasteiger partial charge in [0.2, 0.25) is 5.69 Å². The van der Waals surface area contributed by atoms with Crippen LogP contribution in [0, 0.1) is 4.91 Å². The fraction of sp³-hybridized carbons (Fsp3) is 0. The molecule has 1 aromatic rings. The number of halogens is 1. The highest BCUT2D eigenvalue weighted by Crippen LogP contribution is 2.09. The van der Waals surface area contributed by atoms with Crippen LogP contribution in [0.1, 0.15) is 0 Å². The summed E-state index contributed by atoms with van der Waals surface area (Å²) in [5, 5.41) is 2.39. The number of nitrogen functional groups attached to an aromatic ring is 1. The monoisotopic (exact) mass is 282 g/mol. The molecule has 8 heteroatoms. The van der Waals surface area contributed by atoms with Gasteiger partial charge in [-0.2, -0.15) is 2.78 Å². The predicted octanol–water partition coefficient (Wildman–Crippen LogP) is -0.285. The van der Waals surface area contributed by atoms with Crippen molar-refractivity contribution in [3.8, 4) is 0 Å². The lowest BCUT2D eigenvalue weighted by Crippen LogP contribution is -2.29. The molecule has 0 amide bonds. The highest BCUT2D eigenvalue weighted by molar-refractivity contribution is 14.1. The van der Waals surface area contributed by atoms with Gasteiger partial charge in [0, 0.05) is 0 Å². The summed E-state index contributed by atoms with van der Waals surface area (Å²) in [6.07, 6.45) is 0. The number of anilines is 1. The van der Waals surface area contributed by atoms with E-state index >= 15 is 0 Å². The van der Waals surface area contributed by atoms with E-state index in [0.29, 0.717) is 2.78 Å². The molecular weight excluding hydrogens is 279 g/mol. The average Bonchev–Trinajstić information content (AvgIpc) is 2.01. The normalized spacial score (nSPS) is 9.75. The Bertz CT molecular complexity index is 433. The predicted molar refractivity (Wildman–Crippen MR) is 50.6 cm³/mol. The molecule has 0 aliphatic heterocycles. The minimum Gasteiger partial charge on any atom is -0.383 e. The maximum Gasteiger partial charge on any atom is 0.339 e. The quantitative estimate of drug-likeness (QED) is 0.544. The Hall–Kier alpha value is -1.19. The molecule has 0 saturated carbocycles. The first-order valence-corrected chi connectivity index (χ1v) is 3.68. The van der Waals surface area contributed by atoms with Gasteiger partial charge < -0.3 is 5.73 Å². The summed E-state index contributed by atoms with van der Waals surface area (Å²) in [5.41, 5.74) is 3.15. The van der Waals surface area contributed by atoms with E-state index in [0.717, 1.165) is 0 Å². The number of hydrogen-bond donors (Lipinski definition) is 2. The Balaban J connectivity index is 3.75. The van der Waals surface area contributed by atoms with Crippen LogP contribution >= 0.6 is 22.9 Å². The highest BCUT2D eigenvalue weighted by atomic mass is 127. The number of aromatic amines is 1. The van der Waals surface area contributed by atoms with Crippen LogP contribution in [0.2, 0.25) is 0 Å². The van der Waals surface area contributed by atoms with Gasteiger partial charge in [-0.25, -0.2) is 4.79 Å². The molecule has 0 unspecified atom stereocenters. The van der Waals surface area contributed by atoms with E-state index in [1.807, 2.05) is 0 Å². The molecule has 1 aromatic heterocycles. The molecule has 0 aliphatic carbocycles. The number of nitrogens with one attached hydrogen (secondary N) is 1. The fourth-order valence-electron chi connectivity index (χ4n) is 0.612. The minimum absolute atomic E-state index is 0.312. The topological polar surface area (TPSA) is 110 Å². The van der Waals surface area contributed by atoms with E-state index in [1.54, 1.807) is 0 Å². The van der Waals surface area contributed by atoms with Crippen LogP contribution in [0.25, 0.3) is 0 Å². The van der Waals surface area contributed by atoms with Crippen LogP contribution in [0.3, 0.4) is 0 Å². The Kier molecular flexibility index (Phi) is 2.26. The molecule has 12 heavy (non-hydrogen) atoms. The zero-order valence-corrected chi connectivity index (χ0v) is 7.73. The summed E-state index contributed by atoms with van der Waals surface area (Å²) >= 11 is 1.44. The van der Waals surface area contributed by atoms with Crippen LogP contribution in [0.5, 0.6) is 0 Å². The third-order valence-electron chi connectivity index (χ3n) is 1.15. The average molecular weight is 282 g/mol. The molecular formula is C4H3IN4O3. The molecule has 64 valence electrons. The van der Waals surface area contributed by atoms with Gasteiger partial charge in [-0.1, -0.05) is 0 Å². The fourth-order valence-corrected chi connectivity index (χ4v) is 0.961. The molecule has 0 bridgehead atoms. The third-order valence-corrected chi connectivity index (χ3v) is 2.02. The Morgan fingerprint density at radius 3 is 2.58 bits per heavy atom. The second-order valence-electron chi connectivity index (χ2n) is 1.87. The van der Waals surface area contributed by atoms with Crippen molar-refractivity contribution in [3.63, 3.8) is 0 Å². The zero-order valence-electron chi connectivity index (χ0n) is 5.57. The number of H-pyrrole nitrogens is 1. The van der Waals surface area contributed by atoms with Crippen LogP contribution in [-0.4, -0.2) is 7.76 Å². The van der Waals surface area contributed by atoms with Crippen LogP contribution in [0.4, 0.5) is 11.5 Å².